The molecule has 3 heteroatoms. The van der Waals surface area contributed by atoms with Gasteiger partial charge in [0.25, 0.3) is 0 Å². The van der Waals surface area contributed by atoms with Gasteiger partial charge in [-0.1, -0.05) is 19.3 Å². The van der Waals surface area contributed by atoms with Crippen LogP contribution in [0, 0.1) is 0 Å². The van der Waals surface area contributed by atoms with Gasteiger partial charge in [0, 0.05) is 17.1 Å². The lowest BCUT2D eigenvalue weighted by Crippen LogP contribution is -2.64. The highest BCUT2D eigenvalue weighted by atomic mass is 16.7. The SMILES string of the molecule is CN(C)C1CC(C)(C)N(OC2CCCCC2)C(C)(C)C1. The predicted molar refractivity (Wildman–Crippen MR) is 84.7 cm³/mol. The molecule has 2 rings (SSSR count). The van der Waals surface area contributed by atoms with Crippen LogP contribution >= 0.6 is 0 Å². The van der Waals surface area contributed by atoms with Crippen LogP contribution in [-0.2, 0) is 4.84 Å². The summed E-state index contributed by atoms with van der Waals surface area (Å²) in [5.74, 6) is 0. The van der Waals surface area contributed by atoms with Crippen LogP contribution in [0.25, 0.3) is 0 Å². The van der Waals surface area contributed by atoms with E-state index in [2.05, 4.69) is 51.8 Å². The van der Waals surface area contributed by atoms with Crippen molar-refractivity contribution in [3.63, 3.8) is 0 Å². The van der Waals surface area contributed by atoms with Crippen molar-refractivity contribution in [3.05, 3.63) is 0 Å². The van der Waals surface area contributed by atoms with Gasteiger partial charge in [0.15, 0.2) is 0 Å². The van der Waals surface area contributed by atoms with Crippen LogP contribution < -0.4 is 0 Å². The first-order valence-corrected chi connectivity index (χ1v) is 8.36. The molecule has 0 spiro atoms. The summed E-state index contributed by atoms with van der Waals surface area (Å²) in [6.07, 6.45) is 9.32. The molecule has 0 aromatic carbocycles. The third-order valence-electron chi connectivity index (χ3n) is 5.11. The molecule has 1 aliphatic carbocycles. The summed E-state index contributed by atoms with van der Waals surface area (Å²) >= 11 is 0. The number of hydrogen-bond donors (Lipinski definition) is 0. The maximum absolute atomic E-state index is 6.51. The Hall–Kier alpha value is -0.120. The molecule has 0 amide bonds. The highest BCUT2D eigenvalue weighted by Gasteiger charge is 2.47. The quantitative estimate of drug-likeness (QED) is 0.782. The topological polar surface area (TPSA) is 15.7 Å². The van der Waals surface area contributed by atoms with Crippen molar-refractivity contribution in [2.45, 2.75) is 95.9 Å². The molecule has 0 bridgehead atoms. The van der Waals surface area contributed by atoms with E-state index in [9.17, 15) is 0 Å². The lowest BCUT2D eigenvalue weighted by molar-refractivity contribution is -0.313. The molecular weight excluding hydrogens is 248 g/mol. The molecule has 1 heterocycles. The molecule has 1 saturated heterocycles. The molecule has 0 radical (unpaired) electrons. The summed E-state index contributed by atoms with van der Waals surface area (Å²) in [6.45, 7) is 9.36. The van der Waals surface area contributed by atoms with E-state index in [0.717, 1.165) is 0 Å². The molecule has 0 atom stereocenters. The molecule has 0 aromatic heterocycles. The van der Waals surface area contributed by atoms with Crippen LogP contribution in [0.1, 0.15) is 72.6 Å². The largest absolute Gasteiger partial charge is 0.306 e. The molecule has 1 saturated carbocycles. The molecule has 2 fully saturated rings. The van der Waals surface area contributed by atoms with Gasteiger partial charge in [0.2, 0.25) is 0 Å². The predicted octanol–water partition coefficient (Wildman–Crippen LogP) is 3.83. The van der Waals surface area contributed by atoms with Gasteiger partial charge >= 0.3 is 0 Å². The molecule has 0 aromatic rings. The minimum atomic E-state index is 0.105. The van der Waals surface area contributed by atoms with Crippen molar-refractivity contribution in [2.24, 2.45) is 0 Å². The van der Waals surface area contributed by atoms with Crippen LogP contribution in [0.2, 0.25) is 0 Å². The highest BCUT2D eigenvalue weighted by Crippen LogP contribution is 2.41. The zero-order valence-electron chi connectivity index (χ0n) is 14.4. The molecule has 20 heavy (non-hydrogen) atoms. The Morgan fingerprint density at radius 2 is 1.40 bits per heavy atom. The number of hydroxylamine groups is 2. The molecule has 1 aliphatic heterocycles. The maximum Gasteiger partial charge on any atom is 0.0793 e. The van der Waals surface area contributed by atoms with E-state index in [-0.39, 0.29) is 11.1 Å². The van der Waals surface area contributed by atoms with E-state index >= 15 is 0 Å². The van der Waals surface area contributed by atoms with Gasteiger partial charge in [-0.05, 0) is 67.5 Å². The summed E-state index contributed by atoms with van der Waals surface area (Å²) in [5, 5.41) is 2.34. The van der Waals surface area contributed by atoms with Crippen molar-refractivity contribution < 1.29 is 4.84 Å². The number of rotatable bonds is 3. The Labute approximate surface area is 125 Å². The summed E-state index contributed by atoms with van der Waals surface area (Å²) in [4.78, 5) is 8.88. The van der Waals surface area contributed by atoms with Crippen molar-refractivity contribution in [1.82, 2.24) is 9.96 Å². The smallest absolute Gasteiger partial charge is 0.0793 e. The van der Waals surface area contributed by atoms with Gasteiger partial charge in [-0.15, -0.1) is 0 Å². The lowest BCUT2D eigenvalue weighted by atomic mass is 9.78. The van der Waals surface area contributed by atoms with Gasteiger partial charge in [-0.25, -0.2) is 0 Å². The normalized spacial score (nSPS) is 28.9. The minimum absolute atomic E-state index is 0.105. The van der Waals surface area contributed by atoms with Crippen LogP contribution in [0.4, 0.5) is 0 Å². The van der Waals surface area contributed by atoms with Gasteiger partial charge in [-0.3, -0.25) is 4.84 Å². The fraction of sp³-hybridized carbons (Fsp3) is 1.00. The van der Waals surface area contributed by atoms with Crippen LogP contribution in [0.5, 0.6) is 0 Å². The monoisotopic (exact) mass is 282 g/mol. The Kier molecular flexibility index (Phi) is 4.83. The average molecular weight is 282 g/mol. The fourth-order valence-electron chi connectivity index (χ4n) is 4.18. The maximum atomic E-state index is 6.51. The van der Waals surface area contributed by atoms with E-state index in [0.29, 0.717) is 12.1 Å². The first-order valence-electron chi connectivity index (χ1n) is 8.36. The Balaban J connectivity index is 2.09. The standard InChI is InChI=1S/C17H34N2O/c1-16(2)12-14(18(5)6)13-17(3,4)19(16)20-15-10-8-7-9-11-15/h14-15H,7-13H2,1-6H3. The Bertz CT molecular complexity index is 301. The molecule has 0 unspecified atom stereocenters. The average Bonchev–Trinajstić information content (AvgIpc) is 2.34. The third-order valence-corrected chi connectivity index (χ3v) is 5.11. The second kappa shape index (κ2) is 5.94. The van der Waals surface area contributed by atoms with Crippen molar-refractivity contribution in [2.75, 3.05) is 14.1 Å². The second-order valence-corrected chi connectivity index (χ2v) is 8.31. The minimum Gasteiger partial charge on any atom is -0.306 e. The second-order valence-electron chi connectivity index (χ2n) is 8.31. The van der Waals surface area contributed by atoms with E-state index in [1.54, 1.807) is 0 Å². The number of hydrogen-bond acceptors (Lipinski definition) is 3. The number of nitrogens with zero attached hydrogens (tertiary/aromatic N) is 2. The zero-order chi connectivity index (χ0) is 15.0. The van der Waals surface area contributed by atoms with E-state index < -0.39 is 0 Å². The first-order chi connectivity index (χ1) is 9.22. The lowest BCUT2D eigenvalue weighted by Gasteiger charge is -2.56. The van der Waals surface area contributed by atoms with Gasteiger partial charge in [-0.2, -0.15) is 5.06 Å². The molecule has 3 nitrogen and oxygen atoms in total. The van der Waals surface area contributed by atoms with Crippen LogP contribution in [0.3, 0.4) is 0 Å². The van der Waals surface area contributed by atoms with E-state index in [4.69, 9.17) is 4.84 Å². The molecule has 118 valence electrons. The molecule has 2 aliphatic rings. The van der Waals surface area contributed by atoms with Gasteiger partial charge < -0.3 is 4.90 Å². The molecule has 0 N–H and O–H groups in total. The third kappa shape index (κ3) is 3.55. The van der Waals surface area contributed by atoms with Crippen molar-refractivity contribution in [1.29, 1.82) is 0 Å². The Morgan fingerprint density at radius 1 is 0.900 bits per heavy atom. The van der Waals surface area contributed by atoms with Crippen LogP contribution in [0.15, 0.2) is 0 Å². The first kappa shape index (κ1) is 16.3. The Morgan fingerprint density at radius 3 is 1.85 bits per heavy atom. The van der Waals surface area contributed by atoms with E-state index in [1.807, 2.05) is 0 Å². The summed E-state index contributed by atoms with van der Waals surface area (Å²) in [5.41, 5.74) is 0.211. The van der Waals surface area contributed by atoms with Gasteiger partial charge in [0.05, 0.1) is 6.10 Å². The fourth-order valence-corrected chi connectivity index (χ4v) is 4.18. The zero-order valence-corrected chi connectivity index (χ0v) is 14.4. The van der Waals surface area contributed by atoms with Crippen molar-refractivity contribution >= 4 is 0 Å². The van der Waals surface area contributed by atoms with Crippen molar-refractivity contribution in [3.8, 4) is 0 Å². The molecular formula is C17H34N2O. The highest BCUT2D eigenvalue weighted by molar-refractivity contribution is 4.99. The summed E-state index contributed by atoms with van der Waals surface area (Å²) in [7, 11) is 4.41. The summed E-state index contributed by atoms with van der Waals surface area (Å²) < 4.78 is 0. The summed E-state index contributed by atoms with van der Waals surface area (Å²) in [6, 6.07) is 0.645. The number of piperidine rings is 1. The van der Waals surface area contributed by atoms with Crippen LogP contribution in [-0.4, -0.2) is 47.3 Å². The van der Waals surface area contributed by atoms with Gasteiger partial charge in [0.1, 0.15) is 0 Å². The van der Waals surface area contributed by atoms with E-state index in [1.165, 1.54) is 44.9 Å².